The van der Waals surface area contributed by atoms with Crippen molar-refractivity contribution < 1.29 is 0 Å². The summed E-state index contributed by atoms with van der Waals surface area (Å²) >= 11 is 0. The van der Waals surface area contributed by atoms with Crippen molar-refractivity contribution in [2.24, 2.45) is 5.92 Å². The van der Waals surface area contributed by atoms with E-state index < -0.39 is 0 Å². The van der Waals surface area contributed by atoms with E-state index in [0.29, 0.717) is 0 Å². The quantitative estimate of drug-likeness (QED) is 0.767. The zero-order valence-electron chi connectivity index (χ0n) is 10.4. The SMILES string of the molecule is CCC(CC)Cn1cc(CNC2CC2)cn1. The second-order valence-electron chi connectivity index (χ2n) is 4.91. The molecule has 0 amide bonds. The van der Waals surface area contributed by atoms with Gasteiger partial charge in [0.05, 0.1) is 6.20 Å². The van der Waals surface area contributed by atoms with Crippen LogP contribution >= 0.6 is 0 Å². The van der Waals surface area contributed by atoms with Gasteiger partial charge < -0.3 is 5.32 Å². The van der Waals surface area contributed by atoms with Crippen LogP contribution < -0.4 is 5.32 Å². The van der Waals surface area contributed by atoms with Gasteiger partial charge in [0.1, 0.15) is 0 Å². The van der Waals surface area contributed by atoms with Crippen LogP contribution in [0, 0.1) is 5.92 Å². The highest BCUT2D eigenvalue weighted by atomic mass is 15.3. The summed E-state index contributed by atoms with van der Waals surface area (Å²) in [5, 5.41) is 7.94. The van der Waals surface area contributed by atoms with Crippen molar-refractivity contribution in [1.29, 1.82) is 0 Å². The Morgan fingerprint density at radius 2 is 2.19 bits per heavy atom. The summed E-state index contributed by atoms with van der Waals surface area (Å²) < 4.78 is 2.10. The Morgan fingerprint density at radius 3 is 2.81 bits per heavy atom. The molecule has 1 aliphatic carbocycles. The van der Waals surface area contributed by atoms with E-state index in [1.54, 1.807) is 0 Å². The summed E-state index contributed by atoms with van der Waals surface area (Å²) in [5.74, 6) is 0.768. The van der Waals surface area contributed by atoms with Gasteiger partial charge in [-0.3, -0.25) is 4.68 Å². The van der Waals surface area contributed by atoms with Gasteiger partial charge in [-0.15, -0.1) is 0 Å². The van der Waals surface area contributed by atoms with E-state index in [1.807, 2.05) is 6.20 Å². The van der Waals surface area contributed by atoms with E-state index in [2.05, 4.69) is 35.1 Å². The molecule has 1 saturated carbocycles. The van der Waals surface area contributed by atoms with Crippen LogP contribution in [-0.2, 0) is 13.1 Å². The van der Waals surface area contributed by atoms with Crippen molar-refractivity contribution in [3.63, 3.8) is 0 Å². The molecule has 1 aliphatic rings. The molecule has 1 heterocycles. The number of hydrogen-bond acceptors (Lipinski definition) is 2. The lowest BCUT2D eigenvalue weighted by molar-refractivity contribution is 0.395. The summed E-state index contributed by atoms with van der Waals surface area (Å²) in [6.45, 7) is 6.56. The fourth-order valence-corrected chi connectivity index (χ4v) is 1.96. The molecule has 2 rings (SSSR count). The Bertz CT molecular complexity index is 311. The average molecular weight is 221 g/mol. The minimum atomic E-state index is 0.768. The van der Waals surface area contributed by atoms with Crippen molar-refractivity contribution in [2.45, 2.75) is 58.7 Å². The maximum absolute atomic E-state index is 4.43. The van der Waals surface area contributed by atoms with Gasteiger partial charge in [-0.2, -0.15) is 5.10 Å². The van der Waals surface area contributed by atoms with Gasteiger partial charge in [-0.25, -0.2) is 0 Å². The van der Waals surface area contributed by atoms with Crippen LogP contribution in [0.1, 0.15) is 45.1 Å². The van der Waals surface area contributed by atoms with Crippen LogP contribution in [0.25, 0.3) is 0 Å². The van der Waals surface area contributed by atoms with E-state index in [4.69, 9.17) is 0 Å². The zero-order chi connectivity index (χ0) is 11.4. The molecule has 16 heavy (non-hydrogen) atoms. The van der Waals surface area contributed by atoms with Gasteiger partial charge in [0.15, 0.2) is 0 Å². The topological polar surface area (TPSA) is 29.9 Å². The van der Waals surface area contributed by atoms with E-state index in [-0.39, 0.29) is 0 Å². The third-order valence-corrected chi connectivity index (χ3v) is 3.46. The van der Waals surface area contributed by atoms with Crippen molar-refractivity contribution in [2.75, 3.05) is 0 Å². The largest absolute Gasteiger partial charge is 0.310 e. The summed E-state index contributed by atoms with van der Waals surface area (Å²) in [7, 11) is 0. The van der Waals surface area contributed by atoms with Crippen molar-refractivity contribution in [1.82, 2.24) is 15.1 Å². The highest BCUT2D eigenvalue weighted by molar-refractivity contribution is 5.04. The predicted molar refractivity (Wildman–Crippen MR) is 66.2 cm³/mol. The predicted octanol–water partition coefficient (Wildman–Crippen LogP) is 2.57. The number of hydrogen-bond donors (Lipinski definition) is 1. The Balaban J connectivity index is 1.80. The maximum atomic E-state index is 4.43. The fourth-order valence-electron chi connectivity index (χ4n) is 1.96. The Morgan fingerprint density at radius 1 is 1.44 bits per heavy atom. The lowest BCUT2D eigenvalue weighted by Gasteiger charge is -2.11. The fraction of sp³-hybridized carbons (Fsp3) is 0.769. The molecule has 0 spiro atoms. The van der Waals surface area contributed by atoms with Gasteiger partial charge >= 0.3 is 0 Å². The molecule has 1 aromatic rings. The molecule has 0 radical (unpaired) electrons. The molecule has 0 aromatic carbocycles. The van der Waals surface area contributed by atoms with Crippen LogP contribution in [0.3, 0.4) is 0 Å². The first-order valence-corrected chi connectivity index (χ1v) is 6.56. The maximum Gasteiger partial charge on any atom is 0.0534 e. The molecule has 90 valence electrons. The third-order valence-electron chi connectivity index (χ3n) is 3.46. The summed E-state index contributed by atoms with van der Waals surface area (Å²) in [4.78, 5) is 0. The summed E-state index contributed by atoms with van der Waals surface area (Å²) in [6.07, 6.45) is 9.37. The summed E-state index contributed by atoms with van der Waals surface area (Å²) in [6, 6.07) is 0.780. The van der Waals surface area contributed by atoms with Crippen LogP contribution in [0.5, 0.6) is 0 Å². The smallest absolute Gasteiger partial charge is 0.0534 e. The molecule has 0 aliphatic heterocycles. The standard InChI is InChI=1S/C13H23N3/c1-3-11(4-2)9-16-10-12(8-15-16)7-14-13-5-6-13/h8,10-11,13-14H,3-7,9H2,1-2H3. The molecular formula is C13H23N3. The molecule has 0 bridgehead atoms. The van der Waals surface area contributed by atoms with E-state index in [9.17, 15) is 0 Å². The molecule has 1 aromatic heterocycles. The zero-order valence-corrected chi connectivity index (χ0v) is 10.4. The normalized spacial score (nSPS) is 15.9. The van der Waals surface area contributed by atoms with Crippen molar-refractivity contribution in [3.8, 4) is 0 Å². The van der Waals surface area contributed by atoms with Crippen LogP contribution in [0.15, 0.2) is 12.4 Å². The van der Waals surface area contributed by atoms with Crippen molar-refractivity contribution in [3.05, 3.63) is 18.0 Å². The Hall–Kier alpha value is -0.830. The highest BCUT2D eigenvalue weighted by Crippen LogP contribution is 2.19. The second-order valence-corrected chi connectivity index (χ2v) is 4.91. The lowest BCUT2D eigenvalue weighted by atomic mass is 10.0. The Labute approximate surface area is 98.2 Å². The first-order valence-electron chi connectivity index (χ1n) is 6.56. The number of nitrogens with one attached hydrogen (secondary N) is 1. The molecule has 0 saturated heterocycles. The lowest BCUT2D eigenvalue weighted by Crippen LogP contribution is -2.15. The molecule has 3 heteroatoms. The third kappa shape index (κ3) is 3.34. The van der Waals surface area contributed by atoms with Crippen LogP contribution in [0.4, 0.5) is 0 Å². The second kappa shape index (κ2) is 5.48. The van der Waals surface area contributed by atoms with Crippen LogP contribution in [0.2, 0.25) is 0 Å². The molecule has 0 atom stereocenters. The highest BCUT2D eigenvalue weighted by Gasteiger charge is 2.20. The van der Waals surface area contributed by atoms with Gasteiger partial charge in [0, 0.05) is 30.9 Å². The van der Waals surface area contributed by atoms with Gasteiger partial charge in [-0.1, -0.05) is 26.7 Å². The molecular weight excluding hydrogens is 198 g/mol. The Kier molecular flexibility index (Phi) is 3.99. The first-order chi connectivity index (χ1) is 7.81. The van der Waals surface area contributed by atoms with E-state index >= 15 is 0 Å². The number of nitrogens with zero attached hydrogens (tertiary/aromatic N) is 2. The molecule has 1 N–H and O–H groups in total. The van der Waals surface area contributed by atoms with E-state index in [1.165, 1.54) is 31.2 Å². The van der Waals surface area contributed by atoms with E-state index in [0.717, 1.165) is 25.0 Å². The van der Waals surface area contributed by atoms with Gasteiger partial charge in [0.25, 0.3) is 0 Å². The average Bonchev–Trinajstić information content (AvgIpc) is 3.03. The first kappa shape index (κ1) is 11.6. The molecule has 3 nitrogen and oxygen atoms in total. The minimum Gasteiger partial charge on any atom is -0.310 e. The van der Waals surface area contributed by atoms with Gasteiger partial charge in [-0.05, 0) is 18.8 Å². The number of rotatable bonds is 7. The summed E-state index contributed by atoms with van der Waals surface area (Å²) in [5.41, 5.74) is 1.32. The van der Waals surface area contributed by atoms with Crippen molar-refractivity contribution >= 4 is 0 Å². The van der Waals surface area contributed by atoms with Gasteiger partial charge in [0.2, 0.25) is 0 Å². The van der Waals surface area contributed by atoms with Crippen LogP contribution in [-0.4, -0.2) is 15.8 Å². The number of aromatic nitrogens is 2. The molecule has 1 fully saturated rings. The monoisotopic (exact) mass is 221 g/mol. The minimum absolute atomic E-state index is 0.768. The molecule has 0 unspecified atom stereocenters.